The molecule has 0 saturated carbocycles. The number of rotatable bonds is 6. The predicted molar refractivity (Wildman–Crippen MR) is 94.1 cm³/mol. The Morgan fingerprint density at radius 1 is 1.32 bits per heavy atom. The first-order valence-corrected chi connectivity index (χ1v) is 8.06. The van der Waals surface area contributed by atoms with Gasteiger partial charge in [-0.05, 0) is 38.1 Å². The van der Waals surface area contributed by atoms with Gasteiger partial charge in [0.05, 0.1) is 13.7 Å². The second-order valence-electron chi connectivity index (χ2n) is 5.50. The van der Waals surface area contributed by atoms with Crippen LogP contribution in [0.15, 0.2) is 40.9 Å². The molecule has 2 aromatic heterocycles. The zero-order valence-electron chi connectivity index (χ0n) is 14.5. The molecule has 130 valence electrons. The van der Waals surface area contributed by atoms with Gasteiger partial charge in [0.25, 0.3) is 5.91 Å². The van der Waals surface area contributed by atoms with Crippen LogP contribution in [0.3, 0.4) is 0 Å². The number of nitrogens with zero attached hydrogens (tertiary/aromatic N) is 1. The Hall–Kier alpha value is -3.02. The van der Waals surface area contributed by atoms with Gasteiger partial charge in [0, 0.05) is 29.3 Å². The molecule has 0 saturated heterocycles. The van der Waals surface area contributed by atoms with Crippen molar-refractivity contribution in [2.24, 2.45) is 0 Å². The van der Waals surface area contributed by atoms with Gasteiger partial charge in [0.1, 0.15) is 11.3 Å². The number of hydrogen-bond donors (Lipinski definition) is 1. The van der Waals surface area contributed by atoms with E-state index in [0.29, 0.717) is 30.4 Å². The third-order valence-corrected chi connectivity index (χ3v) is 3.92. The summed E-state index contributed by atoms with van der Waals surface area (Å²) in [5.41, 5.74) is 2.25. The highest BCUT2D eigenvalue weighted by Gasteiger charge is 2.18. The van der Waals surface area contributed by atoms with E-state index in [-0.39, 0.29) is 5.91 Å². The molecule has 3 rings (SSSR count). The van der Waals surface area contributed by atoms with Crippen LogP contribution in [0.5, 0.6) is 11.6 Å². The maximum atomic E-state index is 12.5. The molecule has 0 aliphatic rings. The van der Waals surface area contributed by atoms with Crippen LogP contribution in [-0.2, 0) is 6.54 Å². The molecule has 1 amide bonds. The molecule has 0 aliphatic heterocycles. The molecule has 0 radical (unpaired) electrons. The van der Waals surface area contributed by atoms with Crippen molar-refractivity contribution < 1.29 is 18.7 Å². The molecule has 0 fully saturated rings. The fraction of sp³-hybridized carbons (Fsp3) is 0.263. The number of hydrogen-bond acceptors (Lipinski definition) is 5. The number of nitrogens with one attached hydrogen (secondary N) is 1. The van der Waals surface area contributed by atoms with Gasteiger partial charge in [-0.25, -0.2) is 4.98 Å². The number of furan rings is 1. The molecule has 3 aromatic rings. The molecule has 2 heterocycles. The summed E-state index contributed by atoms with van der Waals surface area (Å²) in [6.07, 6.45) is 1.66. The van der Waals surface area contributed by atoms with E-state index in [1.807, 2.05) is 32.0 Å². The van der Waals surface area contributed by atoms with Crippen molar-refractivity contribution in [3.8, 4) is 11.6 Å². The molecule has 0 bridgehead atoms. The van der Waals surface area contributed by atoms with Gasteiger partial charge in [-0.2, -0.15) is 0 Å². The summed E-state index contributed by atoms with van der Waals surface area (Å²) in [6.45, 7) is 4.57. The Kier molecular flexibility index (Phi) is 4.88. The molecular weight excluding hydrogens is 320 g/mol. The summed E-state index contributed by atoms with van der Waals surface area (Å²) in [5, 5.41) is 3.72. The normalized spacial score (nSPS) is 10.7. The Bertz CT molecular complexity index is 902. The molecule has 0 spiro atoms. The Morgan fingerprint density at radius 3 is 2.92 bits per heavy atom. The average molecular weight is 340 g/mol. The van der Waals surface area contributed by atoms with Crippen molar-refractivity contribution in [3.05, 3.63) is 53.4 Å². The Balaban J connectivity index is 1.80. The maximum Gasteiger partial charge on any atom is 0.287 e. The smallest absolute Gasteiger partial charge is 0.287 e. The summed E-state index contributed by atoms with van der Waals surface area (Å²) >= 11 is 0. The first kappa shape index (κ1) is 16.8. The van der Waals surface area contributed by atoms with E-state index < -0.39 is 0 Å². The number of aromatic nitrogens is 1. The summed E-state index contributed by atoms with van der Waals surface area (Å²) < 4.78 is 16.4. The number of fused-ring (bicyclic) bond motifs is 1. The Morgan fingerprint density at radius 2 is 2.16 bits per heavy atom. The van der Waals surface area contributed by atoms with Crippen LogP contribution >= 0.6 is 0 Å². The van der Waals surface area contributed by atoms with Crippen molar-refractivity contribution >= 4 is 16.9 Å². The minimum Gasteiger partial charge on any atom is -0.497 e. The standard InChI is InChI=1S/C19H20N2O4/c1-4-24-19-13(6-5-9-20-19)11-21-18(22)17-12(2)15-10-14(23-3)7-8-16(15)25-17/h5-10H,4,11H2,1-3H3,(H,21,22). The molecule has 0 atom stereocenters. The van der Waals surface area contributed by atoms with Gasteiger partial charge < -0.3 is 19.2 Å². The molecule has 6 nitrogen and oxygen atoms in total. The van der Waals surface area contributed by atoms with Gasteiger partial charge in [0.15, 0.2) is 5.76 Å². The zero-order chi connectivity index (χ0) is 17.8. The number of carbonyl (C=O) groups excluding carboxylic acids is 1. The lowest BCUT2D eigenvalue weighted by Crippen LogP contribution is -2.23. The van der Waals surface area contributed by atoms with Crippen molar-refractivity contribution in [2.75, 3.05) is 13.7 Å². The van der Waals surface area contributed by atoms with Gasteiger partial charge in [-0.1, -0.05) is 6.07 Å². The van der Waals surface area contributed by atoms with Gasteiger partial charge in [0.2, 0.25) is 5.88 Å². The van der Waals surface area contributed by atoms with Crippen molar-refractivity contribution in [2.45, 2.75) is 20.4 Å². The lowest BCUT2D eigenvalue weighted by Gasteiger charge is -2.09. The van der Waals surface area contributed by atoms with E-state index in [0.717, 1.165) is 22.3 Å². The molecule has 25 heavy (non-hydrogen) atoms. The van der Waals surface area contributed by atoms with E-state index in [1.165, 1.54) is 0 Å². The summed E-state index contributed by atoms with van der Waals surface area (Å²) in [7, 11) is 1.61. The van der Waals surface area contributed by atoms with Crippen LogP contribution in [0, 0.1) is 6.92 Å². The SMILES string of the molecule is CCOc1ncccc1CNC(=O)c1oc2ccc(OC)cc2c1C. The summed E-state index contributed by atoms with van der Waals surface area (Å²) in [5.74, 6) is 1.26. The highest BCUT2D eigenvalue weighted by atomic mass is 16.5. The predicted octanol–water partition coefficient (Wildman–Crippen LogP) is 3.47. The number of aryl methyl sites for hydroxylation is 1. The van der Waals surface area contributed by atoms with Crippen LogP contribution in [-0.4, -0.2) is 24.6 Å². The number of amides is 1. The van der Waals surface area contributed by atoms with Crippen molar-refractivity contribution in [3.63, 3.8) is 0 Å². The lowest BCUT2D eigenvalue weighted by molar-refractivity contribution is 0.0924. The second-order valence-corrected chi connectivity index (χ2v) is 5.50. The topological polar surface area (TPSA) is 73.6 Å². The van der Waals surface area contributed by atoms with Gasteiger partial charge >= 0.3 is 0 Å². The highest BCUT2D eigenvalue weighted by Crippen LogP contribution is 2.28. The molecule has 1 aromatic carbocycles. The van der Waals surface area contributed by atoms with Gasteiger partial charge in [-0.15, -0.1) is 0 Å². The third-order valence-electron chi connectivity index (χ3n) is 3.92. The minimum atomic E-state index is -0.279. The first-order chi connectivity index (χ1) is 12.1. The molecule has 0 aliphatic carbocycles. The number of benzene rings is 1. The van der Waals surface area contributed by atoms with E-state index in [1.54, 1.807) is 25.4 Å². The second kappa shape index (κ2) is 7.25. The van der Waals surface area contributed by atoms with Crippen molar-refractivity contribution in [1.29, 1.82) is 0 Å². The maximum absolute atomic E-state index is 12.5. The van der Waals surface area contributed by atoms with Gasteiger partial charge in [-0.3, -0.25) is 4.79 Å². The number of methoxy groups -OCH3 is 1. The van der Waals surface area contributed by atoms with E-state index >= 15 is 0 Å². The number of ether oxygens (including phenoxy) is 2. The third kappa shape index (κ3) is 3.42. The fourth-order valence-electron chi connectivity index (χ4n) is 2.62. The quantitative estimate of drug-likeness (QED) is 0.744. The molecular formula is C19H20N2O4. The van der Waals surface area contributed by atoms with E-state index in [4.69, 9.17) is 13.9 Å². The van der Waals surface area contributed by atoms with Crippen LogP contribution in [0.2, 0.25) is 0 Å². The largest absolute Gasteiger partial charge is 0.497 e. The van der Waals surface area contributed by atoms with E-state index in [2.05, 4.69) is 10.3 Å². The van der Waals surface area contributed by atoms with Crippen LogP contribution < -0.4 is 14.8 Å². The average Bonchev–Trinajstić information content (AvgIpc) is 2.97. The van der Waals surface area contributed by atoms with Crippen LogP contribution in [0.4, 0.5) is 0 Å². The summed E-state index contributed by atoms with van der Waals surface area (Å²) in [4.78, 5) is 16.7. The van der Waals surface area contributed by atoms with Crippen molar-refractivity contribution in [1.82, 2.24) is 10.3 Å². The lowest BCUT2D eigenvalue weighted by atomic mass is 10.1. The minimum absolute atomic E-state index is 0.279. The number of carbonyl (C=O) groups is 1. The highest BCUT2D eigenvalue weighted by molar-refractivity contribution is 5.99. The zero-order valence-corrected chi connectivity index (χ0v) is 14.5. The first-order valence-electron chi connectivity index (χ1n) is 8.06. The fourth-order valence-corrected chi connectivity index (χ4v) is 2.62. The molecule has 6 heteroatoms. The molecule has 1 N–H and O–H groups in total. The number of pyridine rings is 1. The Labute approximate surface area is 145 Å². The summed E-state index contributed by atoms with van der Waals surface area (Å²) in [6, 6.07) is 9.14. The molecule has 0 unspecified atom stereocenters. The monoisotopic (exact) mass is 340 g/mol. The van der Waals surface area contributed by atoms with Crippen LogP contribution in [0.25, 0.3) is 11.0 Å². The van der Waals surface area contributed by atoms with Crippen LogP contribution in [0.1, 0.15) is 28.6 Å². The van der Waals surface area contributed by atoms with E-state index in [9.17, 15) is 4.79 Å².